The van der Waals surface area contributed by atoms with Gasteiger partial charge < -0.3 is 72.7 Å². The molecule has 9 rings (SSSR count). The van der Waals surface area contributed by atoms with Gasteiger partial charge in [-0.2, -0.15) is 0 Å². The van der Waals surface area contributed by atoms with Crippen molar-refractivity contribution in [3.63, 3.8) is 0 Å². The summed E-state index contributed by atoms with van der Waals surface area (Å²) in [6.07, 6.45) is 3.57. The van der Waals surface area contributed by atoms with Crippen molar-refractivity contribution < 1.29 is 72.3 Å². The third-order valence-electron chi connectivity index (χ3n) is 15.6. The summed E-state index contributed by atoms with van der Waals surface area (Å²) in [5.41, 5.74) is 7.33. The lowest BCUT2D eigenvalue weighted by molar-refractivity contribution is 0.00928. The number of phenolic OH excluding ortho intramolecular Hbond substituents is 3. The van der Waals surface area contributed by atoms with Gasteiger partial charge >= 0.3 is 17.9 Å². The lowest BCUT2D eigenvalue weighted by Crippen LogP contribution is -2.35. The Morgan fingerprint density at radius 3 is 0.778 bits per heavy atom. The number of hydrogen-bond acceptors (Lipinski definition) is 18. The van der Waals surface area contributed by atoms with E-state index in [2.05, 4.69) is 36.4 Å². The average Bonchev–Trinajstić information content (AvgIpc) is 0.998. The zero-order valence-corrected chi connectivity index (χ0v) is 58.1. The minimum absolute atomic E-state index is 0.101. The highest BCUT2D eigenvalue weighted by Gasteiger charge is 2.24. The molecule has 0 amide bonds. The molecule has 3 N–H and O–H groups in total. The molecular formula is C81H93N3O15. The van der Waals surface area contributed by atoms with Crippen molar-refractivity contribution in [2.45, 2.75) is 56.8 Å². The third kappa shape index (κ3) is 25.8. The highest BCUT2D eigenvalue weighted by molar-refractivity contribution is 5.93. The molecular weight excluding hydrogens is 1250 g/mol. The first-order valence-corrected chi connectivity index (χ1v) is 32.8. The maximum Gasteiger partial charge on any atom is 0.342 e. The number of esters is 3. The third-order valence-corrected chi connectivity index (χ3v) is 15.6. The van der Waals surface area contributed by atoms with E-state index in [4.69, 9.17) is 42.6 Å². The van der Waals surface area contributed by atoms with Crippen LogP contribution in [-0.4, -0.2) is 169 Å². The molecule has 0 bridgehead atoms. The molecule has 99 heavy (non-hydrogen) atoms. The quantitative estimate of drug-likeness (QED) is 0.0258. The van der Waals surface area contributed by atoms with Crippen LogP contribution >= 0.6 is 0 Å². The number of nitrogens with zero attached hydrogens (tertiary/aromatic N) is 3. The molecule has 0 aliphatic rings. The van der Waals surface area contributed by atoms with Crippen LogP contribution < -0.4 is 28.4 Å². The molecule has 0 saturated carbocycles. The lowest BCUT2D eigenvalue weighted by atomic mass is 10.0. The number of rotatable bonds is 33. The smallest absolute Gasteiger partial charge is 0.342 e. The van der Waals surface area contributed by atoms with Crippen molar-refractivity contribution in [2.75, 3.05) is 103 Å². The van der Waals surface area contributed by atoms with Gasteiger partial charge in [-0.25, -0.2) is 14.4 Å². The first-order valence-electron chi connectivity index (χ1n) is 32.8. The van der Waals surface area contributed by atoms with Gasteiger partial charge in [0.15, 0.2) is 0 Å². The largest absolute Gasteiger partial charge is 0.507 e. The maximum absolute atomic E-state index is 12.6. The molecule has 3 atom stereocenters. The summed E-state index contributed by atoms with van der Waals surface area (Å²) in [5.74, 6) is 2.82. The Kier molecular flexibility index (Phi) is 30.8. The van der Waals surface area contributed by atoms with Crippen LogP contribution in [0.5, 0.6) is 51.7 Å². The van der Waals surface area contributed by atoms with E-state index in [1.54, 1.807) is 75.9 Å². The SMILES string of the molecule is COc1ccc(CCc2ccccc2OCC(CN(C)C)OC(=O)c2ccccc2O)cc1.COc1ccc(CCc2ccccc2OC[C@@H](CN(C)C)OC(=O)c2ccccc2O)cc1.COc1ccc(CCc2ccccc2OC[C@H](CN(C)C)OC(=O)c2ccccc2O)cc1. The van der Waals surface area contributed by atoms with Crippen LogP contribution in [0.25, 0.3) is 0 Å². The number of aryl methyl sites for hydroxylation is 6. The number of methoxy groups -OCH3 is 3. The van der Waals surface area contributed by atoms with Crippen molar-refractivity contribution in [3.8, 4) is 51.7 Å². The molecule has 0 fully saturated rings. The molecule has 0 heterocycles. The Balaban J connectivity index is 0.000000209. The van der Waals surface area contributed by atoms with Gasteiger partial charge in [-0.1, -0.05) is 127 Å². The van der Waals surface area contributed by atoms with E-state index in [1.165, 1.54) is 34.9 Å². The zero-order valence-electron chi connectivity index (χ0n) is 58.1. The summed E-state index contributed by atoms with van der Waals surface area (Å²) in [6, 6.07) is 66.9. The molecule has 0 aliphatic heterocycles. The number of para-hydroxylation sites is 6. The summed E-state index contributed by atoms with van der Waals surface area (Å²) in [5, 5.41) is 29.9. The van der Waals surface area contributed by atoms with Crippen molar-refractivity contribution in [2.24, 2.45) is 0 Å². The standard InChI is InChI=1S/3C27H31NO5/c3*1-28(2)18-23(33-27(30)24-9-5-6-10-25(24)29)19-32-26-11-7-4-8-21(26)15-12-20-13-16-22(31-3)17-14-20/h3*4-11,13-14,16-17,23,29H,12,15,18-19H2,1-3H3/t2*23-;/m10./s1. The van der Waals surface area contributed by atoms with Gasteiger partial charge in [-0.3, -0.25) is 0 Å². The summed E-state index contributed by atoms with van der Waals surface area (Å²) < 4.78 is 51.0. The van der Waals surface area contributed by atoms with Crippen molar-refractivity contribution in [1.82, 2.24) is 14.7 Å². The van der Waals surface area contributed by atoms with Gasteiger partial charge in [0, 0.05) is 19.6 Å². The first kappa shape index (κ1) is 75.8. The molecule has 0 aromatic heterocycles. The summed E-state index contributed by atoms with van der Waals surface area (Å²) >= 11 is 0. The predicted octanol–water partition coefficient (Wildman–Crippen LogP) is 13.1. The van der Waals surface area contributed by atoms with Crippen molar-refractivity contribution in [3.05, 3.63) is 268 Å². The van der Waals surface area contributed by atoms with Gasteiger partial charge in [0.1, 0.15) is 107 Å². The summed E-state index contributed by atoms with van der Waals surface area (Å²) in [4.78, 5) is 43.5. The fourth-order valence-corrected chi connectivity index (χ4v) is 10.5. The molecule has 0 saturated heterocycles. The van der Waals surface area contributed by atoms with Crippen LogP contribution in [0.2, 0.25) is 0 Å². The number of phenols is 3. The molecule has 9 aromatic rings. The number of likely N-dealkylation sites (N-methyl/N-ethyl adjacent to an activating group) is 3. The molecule has 18 heteroatoms. The van der Waals surface area contributed by atoms with Crippen molar-refractivity contribution >= 4 is 17.9 Å². The van der Waals surface area contributed by atoms with Crippen LogP contribution in [0.1, 0.15) is 64.5 Å². The predicted molar refractivity (Wildman–Crippen MR) is 385 cm³/mol. The van der Waals surface area contributed by atoms with E-state index in [1.807, 2.05) is 166 Å². The Morgan fingerprint density at radius 1 is 0.313 bits per heavy atom. The second kappa shape index (κ2) is 40.3. The topological polar surface area (TPSA) is 205 Å². The fourth-order valence-electron chi connectivity index (χ4n) is 10.5. The van der Waals surface area contributed by atoms with Gasteiger partial charge in [-0.05, 0) is 205 Å². The highest BCUT2D eigenvalue weighted by Crippen LogP contribution is 2.27. The lowest BCUT2D eigenvalue weighted by Gasteiger charge is -2.22. The summed E-state index contributed by atoms with van der Waals surface area (Å²) in [6.45, 7) is 2.10. The van der Waals surface area contributed by atoms with Crippen LogP contribution in [0, 0.1) is 0 Å². The normalized spacial score (nSPS) is 11.8. The van der Waals surface area contributed by atoms with E-state index in [0.717, 1.165) is 89.7 Å². The number of hydrogen-bond donors (Lipinski definition) is 3. The molecule has 522 valence electrons. The highest BCUT2D eigenvalue weighted by atomic mass is 16.6. The molecule has 0 spiro atoms. The monoisotopic (exact) mass is 1350 g/mol. The number of benzene rings is 9. The zero-order chi connectivity index (χ0) is 70.9. The number of ether oxygens (including phenoxy) is 9. The van der Waals surface area contributed by atoms with E-state index in [9.17, 15) is 29.7 Å². The molecule has 0 aliphatic carbocycles. The minimum atomic E-state index is -0.573. The summed E-state index contributed by atoms with van der Waals surface area (Å²) in [7, 11) is 16.4. The van der Waals surface area contributed by atoms with Crippen LogP contribution in [0.3, 0.4) is 0 Å². The van der Waals surface area contributed by atoms with Crippen molar-refractivity contribution in [1.29, 1.82) is 0 Å². The second-order valence-corrected chi connectivity index (χ2v) is 24.2. The number of aromatic hydroxyl groups is 3. The van der Waals surface area contributed by atoms with Gasteiger partial charge in [-0.15, -0.1) is 0 Å². The van der Waals surface area contributed by atoms with E-state index in [0.29, 0.717) is 19.6 Å². The molecule has 0 radical (unpaired) electrons. The van der Waals surface area contributed by atoms with E-state index < -0.39 is 36.2 Å². The van der Waals surface area contributed by atoms with Crippen LogP contribution in [0.4, 0.5) is 0 Å². The first-order chi connectivity index (χ1) is 47.9. The van der Waals surface area contributed by atoms with E-state index >= 15 is 0 Å². The van der Waals surface area contributed by atoms with Gasteiger partial charge in [0.2, 0.25) is 0 Å². The Morgan fingerprint density at radius 2 is 0.545 bits per heavy atom. The average molecular weight is 1350 g/mol. The second-order valence-electron chi connectivity index (χ2n) is 24.2. The molecule has 18 nitrogen and oxygen atoms in total. The number of carbonyl (C=O) groups excluding carboxylic acids is 3. The number of carbonyl (C=O) groups is 3. The fraction of sp³-hybridized carbons (Fsp3) is 0.296. The maximum atomic E-state index is 12.6. The molecule has 9 aromatic carbocycles. The van der Waals surface area contributed by atoms with Gasteiger partial charge in [0.25, 0.3) is 0 Å². The van der Waals surface area contributed by atoms with E-state index in [-0.39, 0.29) is 53.8 Å². The molecule has 1 unspecified atom stereocenters. The Bertz CT molecular complexity index is 3500. The van der Waals surface area contributed by atoms with Crippen LogP contribution in [-0.2, 0) is 52.7 Å². The van der Waals surface area contributed by atoms with Crippen LogP contribution in [0.15, 0.2) is 218 Å². The minimum Gasteiger partial charge on any atom is -0.507 e. The Labute approximate surface area is 582 Å². The van der Waals surface area contributed by atoms with Gasteiger partial charge in [0.05, 0.1) is 21.3 Å². The Hall–Kier alpha value is -10.5.